The van der Waals surface area contributed by atoms with E-state index in [1.165, 1.54) is 29.7 Å². The molecule has 0 aromatic heterocycles. The lowest BCUT2D eigenvalue weighted by molar-refractivity contribution is -0.118. The lowest BCUT2D eigenvalue weighted by Crippen LogP contribution is -2.17. The third kappa shape index (κ3) is 9.40. The van der Waals surface area contributed by atoms with Crippen LogP contribution >= 0.6 is 0 Å². The van der Waals surface area contributed by atoms with E-state index in [0.29, 0.717) is 25.0 Å². The van der Waals surface area contributed by atoms with Crippen molar-refractivity contribution in [2.75, 3.05) is 23.3 Å². The SMILES string of the molecule is C=C/C(=C\C=C/C)CCC(=O)Cc1ccc(N2CCCC2)cc1C.CCc1ccccc1NC=O. The highest BCUT2D eigenvalue weighted by Crippen LogP contribution is 2.24. The van der Waals surface area contributed by atoms with Gasteiger partial charge in [-0.25, -0.2) is 0 Å². The zero-order chi connectivity index (χ0) is 25.5. The predicted octanol–water partition coefficient (Wildman–Crippen LogP) is 6.99. The van der Waals surface area contributed by atoms with Gasteiger partial charge < -0.3 is 10.2 Å². The van der Waals surface area contributed by atoms with Gasteiger partial charge in [0.15, 0.2) is 0 Å². The molecule has 1 aliphatic rings. The van der Waals surface area contributed by atoms with Gasteiger partial charge in [0, 0.05) is 37.3 Å². The van der Waals surface area contributed by atoms with E-state index in [0.717, 1.165) is 42.8 Å². The van der Waals surface area contributed by atoms with E-state index in [-0.39, 0.29) is 0 Å². The number of anilines is 2. The number of amides is 1. The molecule has 1 saturated heterocycles. The molecular weight excluding hydrogens is 432 g/mol. The summed E-state index contributed by atoms with van der Waals surface area (Å²) in [5, 5.41) is 2.65. The number of nitrogens with one attached hydrogen (secondary N) is 1. The lowest BCUT2D eigenvalue weighted by atomic mass is 9.98. The van der Waals surface area contributed by atoms with Gasteiger partial charge in [-0.2, -0.15) is 0 Å². The Bertz CT molecular complexity index is 1030. The Balaban J connectivity index is 0.000000328. The molecule has 35 heavy (non-hydrogen) atoms. The van der Waals surface area contributed by atoms with Gasteiger partial charge in [0.1, 0.15) is 5.78 Å². The molecule has 0 unspecified atom stereocenters. The summed E-state index contributed by atoms with van der Waals surface area (Å²) < 4.78 is 0. The highest BCUT2D eigenvalue weighted by molar-refractivity contribution is 5.81. The van der Waals surface area contributed by atoms with Crippen molar-refractivity contribution in [1.82, 2.24) is 0 Å². The summed E-state index contributed by atoms with van der Waals surface area (Å²) in [5.74, 6) is 0.292. The maximum atomic E-state index is 12.3. The van der Waals surface area contributed by atoms with E-state index in [1.54, 1.807) is 0 Å². The van der Waals surface area contributed by atoms with Crippen LogP contribution in [0.2, 0.25) is 0 Å². The molecule has 186 valence electrons. The molecular formula is C31H40N2O2. The summed E-state index contributed by atoms with van der Waals surface area (Å²) >= 11 is 0. The molecule has 1 fully saturated rings. The summed E-state index contributed by atoms with van der Waals surface area (Å²) in [4.78, 5) is 24.9. The van der Waals surface area contributed by atoms with Crippen LogP contribution in [0.5, 0.6) is 0 Å². The van der Waals surface area contributed by atoms with Crippen LogP contribution < -0.4 is 10.2 Å². The van der Waals surface area contributed by atoms with E-state index in [4.69, 9.17) is 0 Å². The van der Waals surface area contributed by atoms with Gasteiger partial charge in [-0.15, -0.1) is 0 Å². The van der Waals surface area contributed by atoms with Gasteiger partial charge in [0.25, 0.3) is 0 Å². The highest BCUT2D eigenvalue weighted by Gasteiger charge is 2.14. The van der Waals surface area contributed by atoms with E-state index in [9.17, 15) is 9.59 Å². The van der Waals surface area contributed by atoms with Crippen LogP contribution in [-0.4, -0.2) is 25.3 Å². The van der Waals surface area contributed by atoms with Crippen molar-refractivity contribution in [2.24, 2.45) is 0 Å². The first-order valence-electron chi connectivity index (χ1n) is 12.6. The number of aryl methyl sites for hydroxylation is 2. The number of allylic oxidation sites excluding steroid dienone is 5. The molecule has 2 aromatic carbocycles. The fourth-order valence-corrected chi connectivity index (χ4v) is 4.14. The van der Waals surface area contributed by atoms with Gasteiger partial charge in [0.2, 0.25) is 6.41 Å². The number of para-hydroxylation sites is 1. The third-order valence-corrected chi connectivity index (χ3v) is 6.26. The average Bonchev–Trinajstić information content (AvgIpc) is 3.41. The molecule has 0 aliphatic carbocycles. The number of ketones is 1. The van der Waals surface area contributed by atoms with E-state index in [1.807, 2.05) is 55.5 Å². The molecule has 1 N–H and O–H groups in total. The van der Waals surface area contributed by atoms with Crippen molar-refractivity contribution in [3.8, 4) is 0 Å². The molecule has 0 spiro atoms. The fourth-order valence-electron chi connectivity index (χ4n) is 4.14. The maximum Gasteiger partial charge on any atom is 0.211 e. The van der Waals surface area contributed by atoms with Crippen molar-refractivity contribution >= 4 is 23.6 Å². The van der Waals surface area contributed by atoms with Crippen molar-refractivity contribution in [3.63, 3.8) is 0 Å². The minimum atomic E-state index is 0.292. The number of hydrogen-bond donors (Lipinski definition) is 1. The molecule has 0 bridgehead atoms. The molecule has 3 rings (SSSR count). The van der Waals surface area contributed by atoms with Gasteiger partial charge in [0.05, 0.1) is 0 Å². The topological polar surface area (TPSA) is 49.4 Å². The van der Waals surface area contributed by atoms with Crippen LogP contribution in [0.4, 0.5) is 11.4 Å². The zero-order valence-corrected chi connectivity index (χ0v) is 21.6. The first-order valence-corrected chi connectivity index (χ1v) is 12.6. The summed E-state index contributed by atoms with van der Waals surface area (Å²) in [5.41, 5.74) is 6.86. The van der Waals surface area contributed by atoms with Crippen LogP contribution in [0.15, 0.2) is 78.9 Å². The van der Waals surface area contributed by atoms with Crippen molar-refractivity contribution in [1.29, 1.82) is 0 Å². The molecule has 0 radical (unpaired) electrons. The Kier molecular flexibility index (Phi) is 12.3. The third-order valence-electron chi connectivity index (χ3n) is 6.26. The number of benzene rings is 2. The Morgan fingerprint density at radius 2 is 1.83 bits per heavy atom. The minimum Gasteiger partial charge on any atom is -0.372 e. The van der Waals surface area contributed by atoms with Gasteiger partial charge in [-0.05, 0) is 80.0 Å². The second-order valence-corrected chi connectivity index (χ2v) is 8.76. The molecule has 1 aliphatic heterocycles. The molecule has 1 heterocycles. The lowest BCUT2D eigenvalue weighted by Gasteiger charge is -2.19. The summed E-state index contributed by atoms with van der Waals surface area (Å²) in [6, 6.07) is 14.3. The second-order valence-electron chi connectivity index (χ2n) is 8.76. The molecule has 0 atom stereocenters. The smallest absolute Gasteiger partial charge is 0.211 e. The fraction of sp³-hybridized carbons (Fsp3) is 0.355. The van der Waals surface area contributed by atoms with Gasteiger partial charge in [-0.3, -0.25) is 9.59 Å². The van der Waals surface area contributed by atoms with Crippen molar-refractivity contribution in [2.45, 2.75) is 59.3 Å². The monoisotopic (exact) mass is 472 g/mol. The van der Waals surface area contributed by atoms with Gasteiger partial charge >= 0.3 is 0 Å². The maximum absolute atomic E-state index is 12.3. The number of hydrogen-bond acceptors (Lipinski definition) is 3. The van der Waals surface area contributed by atoms with E-state index in [2.05, 4.69) is 48.8 Å². The first-order chi connectivity index (χ1) is 17.0. The van der Waals surface area contributed by atoms with Crippen molar-refractivity contribution in [3.05, 3.63) is 95.6 Å². The normalized spacial score (nSPS) is 13.3. The number of nitrogens with zero attached hydrogens (tertiary/aromatic N) is 1. The predicted molar refractivity (Wildman–Crippen MR) is 149 cm³/mol. The van der Waals surface area contributed by atoms with Gasteiger partial charge in [-0.1, -0.05) is 62.1 Å². The Morgan fingerprint density at radius 3 is 2.46 bits per heavy atom. The first kappa shape index (κ1) is 27.8. The number of carbonyl (C=O) groups is 2. The summed E-state index contributed by atoms with van der Waals surface area (Å²) in [6.07, 6.45) is 13.9. The second kappa shape index (κ2) is 15.5. The summed E-state index contributed by atoms with van der Waals surface area (Å²) in [6.45, 7) is 12.3. The highest BCUT2D eigenvalue weighted by atomic mass is 16.1. The molecule has 2 aromatic rings. The number of carbonyl (C=O) groups excluding carboxylic acids is 2. The quantitative estimate of drug-likeness (QED) is 0.283. The minimum absolute atomic E-state index is 0.292. The number of Topliss-reactive ketones (excluding diaryl/α,β-unsaturated/α-hetero) is 1. The van der Waals surface area contributed by atoms with Crippen LogP contribution in [-0.2, 0) is 22.4 Å². The van der Waals surface area contributed by atoms with Crippen LogP contribution in [0.25, 0.3) is 0 Å². The Hall–Kier alpha value is -3.40. The van der Waals surface area contributed by atoms with E-state index < -0.39 is 0 Å². The standard InChI is InChI=1S/C22H29NO.C9H11NO/c1-4-6-9-19(5-2)10-13-22(24)17-20-11-12-21(16-18(20)3)23-14-7-8-15-23;1-2-8-5-3-4-6-9(8)10-7-11/h4-6,9,11-12,16H,2,7-8,10,13-15,17H2,1,3H3;3-7H,2H2,1H3,(H,10,11)/b6-4-,19-9+;. The molecule has 4 nitrogen and oxygen atoms in total. The van der Waals surface area contributed by atoms with Crippen LogP contribution in [0.3, 0.4) is 0 Å². The average molecular weight is 473 g/mol. The van der Waals surface area contributed by atoms with E-state index >= 15 is 0 Å². The van der Waals surface area contributed by atoms with Crippen LogP contribution in [0, 0.1) is 6.92 Å². The van der Waals surface area contributed by atoms with Crippen LogP contribution in [0.1, 0.15) is 56.2 Å². The molecule has 4 heteroatoms. The molecule has 1 amide bonds. The summed E-state index contributed by atoms with van der Waals surface area (Å²) in [7, 11) is 0. The Morgan fingerprint density at radius 1 is 1.09 bits per heavy atom. The Labute approximate surface area is 211 Å². The van der Waals surface area contributed by atoms with Crippen molar-refractivity contribution < 1.29 is 9.59 Å². The largest absolute Gasteiger partial charge is 0.372 e. The number of rotatable bonds is 11. The zero-order valence-electron chi connectivity index (χ0n) is 21.6. The molecule has 0 saturated carbocycles.